The highest BCUT2D eigenvalue weighted by molar-refractivity contribution is 5.73. The number of amides is 1. The van der Waals surface area contributed by atoms with Gasteiger partial charge in [0, 0.05) is 39.1 Å². The van der Waals surface area contributed by atoms with Gasteiger partial charge < -0.3 is 10.0 Å². The second-order valence-corrected chi connectivity index (χ2v) is 4.34. The van der Waals surface area contributed by atoms with Crippen molar-refractivity contribution < 1.29 is 9.90 Å². The Morgan fingerprint density at radius 2 is 2.07 bits per heavy atom. The summed E-state index contributed by atoms with van der Waals surface area (Å²) in [6.07, 6.45) is 1.80. The minimum Gasteiger partial charge on any atom is -0.392 e. The van der Waals surface area contributed by atoms with E-state index in [1.807, 2.05) is 4.90 Å². The highest BCUT2D eigenvalue weighted by atomic mass is 16.3. The Labute approximate surface area is 84.5 Å². The number of aliphatic hydroxyl groups excluding tert-OH is 1. The molecule has 0 spiro atoms. The predicted molar refractivity (Wildman–Crippen MR) is 52.9 cm³/mol. The first-order chi connectivity index (χ1) is 6.66. The van der Waals surface area contributed by atoms with Crippen LogP contribution in [0.4, 0.5) is 0 Å². The lowest BCUT2D eigenvalue weighted by Crippen LogP contribution is -2.37. The molecule has 2 rings (SSSR count). The predicted octanol–water partition coefficient (Wildman–Crippen LogP) is -0.326. The van der Waals surface area contributed by atoms with Crippen LogP contribution in [0.5, 0.6) is 0 Å². The van der Waals surface area contributed by atoms with Crippen molar-refractivity contribution >= 4 is 5.91 Å². The van der Waals surface area contributed by atoms with E-state index in [9.17, 15) is 9.90 Å². The molecule has 2 aliphatic heterocycles. The van der Waals surface area contributed by atoms with Crippen molar-refractivity contribution in [2.24, 2.45) is 0 Å². The number of β-amino-alcohol motifs (C(OH)–C–C–N with tert-alkyl or cyclic N) is 1. The van der Waals surface area contributed by atoms with Crippen LogP contribution >= 0.6 is 0 Å². The Morgan fingerprint density at radius 1 is 1.29 bits per heavy atom. The minimum atomic E-state index is -0.152. The van der Waals surface area contributed by atoms with Gasteiger partial charge in [-0.15, -0.1) is 0 Å². The van der Waals surface area contributed by atoms with Gasteiger partial charge >= 0.3 is 0 Å². The summed E-state index contributed by atoms with van der Waals surface area (Å²) in [4.78, 5) is 15.3. The van der Waals surface area contributed by atoms with Crippen molar-refractivity contribution in [2.45, 2.75) is 31.9 Å². The topological polar surface area (TPSA) is 43.8 Å². The van der Waals surface area contributed by atoms with Crippen molar-refractivity contribution in [2.75, 3.05) is 26.2 Å². The fourth-order valence-corrected chi connectivity index (χ4v) is 2.43. The van der Waals surface area contributed by atoms with E-state index in [0.717, 1.165) is 39.0 Å². The van der Waals surface area contributed by atoms with Gasteiger partial charge in [-0.05, 0) is 12.8 Å². The number of hydrogen-bond acceptors (Lipinski definition) is 3. The van der Waals surface area contributed by atoms with Crippen LogP contribution in [0.15, 0.2) is 0 Å². The summed E-state index contributed by atoms with van der Waals surface area (Å²) in [6, 6.07) is 0.482. The molecule has 1 N–H and O–H groups in total. The standard InChI is InChI=1S/C10H18N2O2/c1-8(13)11-4-2-9(6-11)12-5-3-10(14)7-12/h9-10,14H,2-7H2,1H3. The summed E-state index contributed by atoms with van der Waals surface area (Å²) in [5.41, 5.74) is 0. The van der Waals surface area contributed by atoms with Gasteiger partial charge in [0.1, 0.15) is 0 Å². The monoisotopic (exact) mass is 198 g/mol. The molecule has 2 atom stereocenters. The molecule has 14 heavy (non-hydrogen) atoms. The van der Waals surface area contributed by atoms with Crippen molar-refractivity contribution in [1.29, 1.82) is 0 Å². The van der Waals surface area contributed by atoms with Crippen LogP contribution in [0.3, 0.4) is 0 Å². The molecule has 0 radical (unpaired) electrons. The van der Waals surface area contributed by atoms with Gasteiger partial charge in [0.25, 0.3) is 0 Å². The zero-order chi connectivity index (χ0) is 10.1. The van der Waals surface area contributed by atoms with E-state index in [1.165, 1.54) is 0 Å². The maximum Gasteiger partial charge on any atom is 0.219 e. The largest absolute Gasteiger partial charge is 0.392 e. The first kappa shape index (κ1) is 9.93. The summed E-state index contributed by atoms with van der Waals surface area (Å²) < 4.78 is 0. The van der Waals surface area contributed by atoms with Gasteiger partial charge in [-0.3, -0.25) is 9.69 Å². The van der Waals surface area contributed by atoms with Crippen LogP contribution in [0.1, 0.15) is 19.8 Å². The highest BCUT2D eigenvalue weighted by Crippen LogP contribution is 2.20. The van der Waals surface area contributed by atoms with Crippen LogP contribution in [0, 0.1) is 0 Å². The van der Waals surface area contributed by atoms with E-state index in [2.05, 4.69) is 4.90 Å². The molecule has 0 bridgehead atoms. The van der Waals surface area contributed by atoms with E-state index in [1.54, 1.807) is 6.92 Å². The third-order valence-corrected chi connectivity index (χ3v) is 3.32. The summed E-state index contributed by atoms with van der Waals surface area (Å²) in [5, 5.41) is 9.41. The molecule has 2 unspecified atom stereocenters. The maximum absolute atomic E-state index is 11.1. The summed E-state index contributed by atoms with van der Waals surface area (Å²) in [6.45, 7) is 5.13. The van der Waals surface area contributed by atoms with Crippen LogP contribution in [-0.4, -0.2) is 59.1 Å². The molecule has 4 heteroatoms. The zero-order valence-electron chi connectivity index (χ0n) is 8.65. The fourth-order valence-electron chi connectivity index (χ4n) is 2.43. The van der Waals surface area contributed by atoms with Gasteiger partial charge in [-0.25, -0.2) is 0 Å². The number of nitrogens with zero attached hydrogens (tertiary/aromatic N) is 2. The molecule has 80 valence electrons. The molecular formula is C10H18N2O2. The van der Waals surface area contributed by atoms with Crippen molar-refractivity contribution in [3.8, 4) is 0 Å². The Morgan fingerprint density at radius 3 is 2.57 bits per heavy atom. The molecule has 1 amide bonds. The number of likely N-dealkylation sites (tertiary alicyclic amines) is 2. The lowest BCUT2D eigenvalue weighted by Gasteiger charge is -2.23. The van der Waals surface area contributed by atoms with E-state index in [0.29, 0.717) is 6.04 Å². The summed E-state index contributed by atoms with van der Waals surface area (Å²) in [5.74, 6) is 0.173. The lowest BCUT2D eigenvalue weighted by molar-refractivity contribution is -0.127. The number of carbonyl (C=O) groups is 1. The Kier molecular flexibility index (Phi) is 2.74. The minimum absolute atomic E-state index is 0.152. The first-order valence-corrected chi connectivity index (χ1v) is 5.34. The molecule has 2 saturated heterocycles. The zero-order valence-corrected chi connectivity index (χ0v) is 8.65. The number of hydrogen-bond donors (Lipinski definition) is 1. The van der Waals surface area contributed by atoms with Gasteiger partial charge in [0.05, 0.1) is 6.10 Å². The lowest BCUT2D eigenvalue weighted by atomic mass is 10.2. The molecule has 0 aliphatic carbocycles. The molecular weight excluding hydrogens is 180 g/mol. The van der Waals surface area contributed by atoms with Crippen LogP contribution < -0.4 is 0 Å². The molecule has 0 aromatic rings. The Bertz CT molecular complexity index is 232. The first-order valence-electron chi connectivity index (χ1n) is 5.34. The number of rotatable bonds is 1. The maximum atomic E-state index is 11.1. The van der Waals surface area contributed by atoms with E-state index >= 15 is 0 Å². The molecule has 2 heterocycles. The third-order valence-electron chi connectivity index (χ3n) is 3.32. The van der Waals surface area contributed by atoms with Crippen LogP contribution in [0.25, 0.3) is 0 Å². The Balaban J connectivity index is 1.86. The summed E-state index contributed by atoms with van der Waals surface area (Å²) in [7, 11) is 0. The van der Waals surface area contributed by atoms with Crippen molar-refractivity contribution in [3.63, 3.8) is 0 Å². The SMILES string of the molecule is CC(=O)N1CCC(N2CCC(O)C2)C1. The fraction of sp³-hybridized carbons (Fsp3) is 0.900. The second-order valence-electron chi connectivity index (χ2n) is 4.34. The molecule has 0 aromatic carbocycles. The highest BCUT2D eigenvalue weighted by Gasteiger charge is 2.32. The normalized spacial score (nSPS) is 34.0. The molecule has 2 aliphatic rings. The van der Waals surface area contributed by atoms with Gasteiger partial charge in [0.15, 0.2) is 0 Å². The molecule has 4 nitrogen and oxygen atoms in total. The average molecular weight is 198 g/mol. The number of aliphatic hydroxyl groups is 1. The van der Waals surface area contributed by atoms with Gasteiger partial charge in [0.2, 0.25) is 5.91 Å². The van der Waals surface area contributed by atoms with E-state index in [-0.39, 0.29) is 12.0 Å². The summed E-state index contributed by atoms with van der Waals surface area (Å²) >= 11 is 0. The second kappa shape index (κ2) is 3.87. The average Bonchev–Trinajstić information content (AvgIpc) is 2.70. The third kappa shape index (κ3) is 1.91. The number of carbonyl (C=O) groups excluding carboxylic acids is 1. The molecule has 0 aromatic heterocycles. The Hall–Kier alpha value is -0.610. The van der Waals surface area contributed by atoms with Gasteiger partial charge in [-0.1, -0.05) is 0 Å². The van der Waals surface area contributed by atoms with Crippen LogP contribution in [0.2, 0.25) is 0 Å². The van der Waals surface area contributed by atoms with E-state index in [4.69, 9.17) is 0 Å². The van der Waals surface area contributed by atoms with Crippen molar-refractivity contribution in [3.05, 3.63) is 0 Å². The molecule has 2 fully saturated rings. The molecule has 0 saturated carbocycles. The van der Waals surface area contributed by atoms with E-state index < -0.39 is 0 Å². The van der Waals surface area contributed by atoms with Gasteiger partial charge in [-0.2, -0.15) is 0 Å². The van der Waals surface area contributed by atoms with Crippen molar-refractivity contribution in [1.82, 2.24) is 9.80 Å². The van der Waals surface area contributed by atoms with Crippen LogP contribution in [-0.2, 0) is 4.79 Å². The smallest absolute Gasteiger partial charge is 0.219 e. The quantitative estimate of drug-likeness (QED) is 0.627.